The van der Waals surface area contributed by atoms with Crippen LogP contribution in [0.4, 0.5) is 15.9 Å². The molecule has 0 aliphatic carbocycles. The van der Waals surface area contributed by atoms with Crippen molar-refractivity contribution in [2.75, 3.05) is 17.1 Å². The fraction of sp³-hybridized carbons (Fsp3) is 0.0833. The lowest BCUT2D eigenvalue weighted by atomic mass is 10.3. The lowest BCUT2D eigenvalue weighted by Gasteiger charge is -2.10. The number of pyridine rings is 1. The number of anilines is 2. The molecular weight excluding hydrogens is 396 g/mol. The minimum absolute atomic E-state index is 0.0805. The van der Waals surface area contributed by atoms with Crippen molar-refractivity contribution in [3.63, 3.8) is 0 Å². The number of hydrogen-bond donors (Lipinski definition) is 2. The quantitative estimate of drug-likeness (QED) is 0.765. The zero-order valence-corrected chi connectivity index (χ0v) is 13.4. The minimum atomic E-state index is -3.74. The lowest BCUT2D eigenvalue weighted by molar-refractivity contribution is 0.601. The van der Waals surface area contributed by atoms with Gasteiger partial charge in [-0.3, -0.25) is 4.72 Å². The molecule has 2 N–H and O–H groups in total. The van der Waals surface area contributed by atoms with Gasteiger partial charge in [-0.25, -0.2) is 17.8 Å². The molecule has 1 heterocycles. The highest BCUT2D eigenvalue weighted by molar-refractivity contribution is 14.1. The summed E-state index contributed by atoms with van der Waals surface area (Å²) in [6, 6.07) is 6.64. The third-order valence-electron chi connectivity index (χ3n) is 2.47. The van der Waals surface area contributed by atoms with Crippen LogP contribution in [0, 0.1) is 9.39 Å². The van der Waals surface area contributed by atoms with Crippen molar-refractivity contribution in [1.29, 1.82) is 0 Å². The van der Waals surface area contributed by atoms with E-state index < -0.39 is 15.8 Å². The molecule has 0 aliphatic rings. The summed E-state index contributed by atoms with van der Waals surface area (Å²) in [6.45, 7) is 0. The van der Waals surface area contributed by atoms with Crippen molar-refractivity contribution in [1.82, 2.24) is 4.98 Å². The fourth-order valence-electron chi connectivity index (χ4n) is 1.49. The van der Waals surface area contributed by atoms with E-state index >= 15 is 0 Å². The summed E-state index contributed by atoms with van der Waals surface area (Å²) >= 11 is 1.87. The Morgan fingerprint density at radius 3 is 2.65 bits per heavy atom. The van der Waals surface area contributed by atoms with E-state index in [0.717, 1.165) is 0 Å². The summed E-state index contributed by atoms with van der Waals surface area (Å²) in [5.74, 6) is 0.0282. The van der Waals surface area contributed by atoms with Gasteiger partial charge >= 0.3 is 0 Å². The van der Waals surface area contributed by atoms with Gasteiger partial charge < -0.3 is 5.32 Å². The van der Waals surface area contributed by atoms with E-state index in [4.69, 9.17) is 0 Å². The van der Waals surface area contributed by atoms with Crippen LogP contribution in [0.5, 0.6) is 0 Å². The molecule has 0 saturated carbocycles. The molecule has 1 aromatic heterocycles. The molecule has 0 aliphatic heterocycles. The molecule has 8 heteroatoms. The first kappa shape index (κ1) is 15.0. The molecule has 0 fully saturated rings. The van der Waals surface area contributed by atoms with E-state index in [2.05, 4.69) is 15.0 Å². The average molecular weight is 407 g/mol. The predicted octanol–water partition coefficient (Wildman–Crippen LogP) is 2.67. The number of nitrogens with one attached hydrogen (secondary N) is 2. The topological polar surface area (TPSA) is 71.1 Å². The number of hydrogen-bond acceptors (Lipinski definition) is 4. The number of rotatable bonds is 4. The number of halogens is 2. The molecule has 0 radical (unpaired) electrons. The van der Waals surface area contributed by atoms with Crippen molar-refractivity contribution in [2.45, 2.75) is 4.90 Å². The van der Waals surface area contributed by atoms with Crippen LogP contribution in [0.1, 0.15) is 0 Å². The van der Waals surface area contributed by atoms with Gasteiger partial charge in [-0.05, 0) is 46.9 Å². The third kappa shape index (κ3) is 3.37. The van der Waals surface area contributed by atoms with Gasteiger partial charge in [0.1, 0.15) is 11.6 Å². The Bertz CT molecular complexity index is 737. The van der Waals surface area contributed by atoms with Gasteiger partial charge in [0.15, 0.2) is 0 Å². The number of aromatic nitrogens is 1. The van der Waals surface area contributed by atoms with Crippen molar-refractivity contribution in [3.05, 3.63) is 45.9 Å². The number of nitrogens with zero attached hydrogens (tertiary/aromatic N) is 1. The summed E-state index contributed by atoms with van der Waals surface area (Å²) in [7, 11) is -2.09. The van der Waals surface area contributed by atoms with Crippen LogP contribution < -0.4 is 10.0 Å². The summed E-state index contributed by atoms with van der Waals surface area (Å²) in [5.41, 5.74) is 0.329. The van der Waals surface area contributed by atoms with Crippen LogP contribution >= 0.6 is 22.6 Å². The summed E-state index contributed by atoms with van der Waals surface area (Å²) < 4.78 is 40.4. The second-order valence-electron chi connectivity index (χ2n) is 3.86. The number of sulfonamides is 1. The van der Waals surface area contributed by atoms with Crippen LogP contribution in [0.3, 0.4) is 0 Å². The van der Waals surface area contributed by atoms with E-state index in [1.165, 1.54) is 36.5 Å². The van der Waals surface area contributed by atoms with Gasteiger partial charge in [-0.15, -0.1) is 0 Å². The molecule has 1 aromatic carbocycles. The lowest BCUT2D eigenvalue weighted by Crippen LogP contribution is -2.14. The van der Waals surface area contributed by atoms with Gasteiger partial charge in [0, 0.05) is 22.9 Å². The Balaban J connectivity index is 2.35. The second-order valence-corrected chi connectivity index (χ2v) is 6.70. The highest BCUT2D eigenvalue weighted by Gasteiger charge is 2.16. The van der Waals surface area contributed by atoms with Crippen molar-refractivity contribution < 1.29 is 12.8 Å². The van der Waals surface area contributed by atoms with E-state index in [1.807, 2.05) is 22.6 Å². The summed E-state index contributed by atoms with van der Waals surface area (Å²) in [6.07, 6.45) is 1.40. The largest absolute Gasteiger partial charge is 0.373 e. The van der Waals surface area contributed by atoms with E-state index in [1.54, 1.807) is 7.05 Å². The van der Waals surface area contributed by atoms with Gasteiger partial charge in [0.2, 0.25) is 0 Å². The van der Waals surface area contributed by atoms with Gasteiger partial charge in [0.05, 0.1) is 10.6 Å². The fourth-order valence-corrected chi connectivity index (χ4v) is 3.38. The molecular formula is C12H11FIN3O2S. The molecule has 0 spiro atoms. The first-order valence-electron chi connectivity index (χ1n) is 5.54. The van der Waals surface area contributed by atoms with Gasteiger partial charge in [-0.2, -0.15) is 0 Å². The zero-order chi connectivity index (χ0) is 14.8. The van der Waals surface area contributed by atoms with Crippen LogP contribution in [-0.2, 0) is 10.0 Å². The maximum absolute atomic E-state index is 13.0. The Labute approximate surface area is 129 Å². The van der Waals surface area contributed by atoms with Crippen LogP contribution in [0.25, 0.3) is 0 Å². The number of benzene rings is 1. The van der Waals surface area contributed by atoms with Crippen molar-refractivity contribution >= 4 is 44.1 Å². The monoisotopic (exact) mass is 407 g/mol. The molecule has 2 rings (SSSR count). The highest BCUT2D eigenvalue weighted by Crippen LogP contribution is 2.23. The smallest absolute Gasteiger partial charge is 0.262 e. The summed E-state index contributed by atoms with van der Waals surface area (Å²) in [5, 5.41) is 2.77. The molecule has 0 bridgehead atoms. The maximum atomic E-state index is 13.0. The standard InChI is InChI=1S/C12H11FIN3O2S/c1-15-12-7-9(4-5-16-12)20(18,19)17-11-3-2-8(13)6-10(11)14/h2-7,17H,1H3,(H,15,16). The molecule has 0 unspecified atom stereocenters. The summed E-state index contributed by atoms with van der Waals surface area (Å²) in [4.78, 5) is 4.03. The second kappa shape index (κ2) is 5.92. The molecule has 0 amide bonds. The minimum Gasteiger partial charge on any atom is -0.373 e. The van der Waals surface area contributed by atoms with Crippen molar-refractivity contribution in [3.8, 4) is 0 Å². The Morgan fingerprint density at radius 1 is 1.25 bits per heavy atom. The first-order valence-corrected chi connectivity index (χ1v) is 8.10. The predicted molar refractivity (Wildman–Crippen MR) is 83.7 cm³/mol. The molecule has 0 atom stereocenters. The van der Waals surface area contributed by atoms with E-state index in [-0.39, 0.29) is 4.90 Å². The molecule has 20 heavy (non-hydrogen) atoms. The van der Waals surface area contributed by atoms with Crippen LogP contribution in [-0.4, -0.2) is 20.4 Å². The Morgan fingerprint density at radius 2 is 2.00 bits per heavy atom. The highest BCUT2D eigenvalue weighted by atomic mass is 127. The SMILES string of the molecule is CNc1cc(S(=O)(=O)Nc2ccc(F)cc2I)ccn1. The van der Waals surface area contributed by atoms with Crippen LogP contribution in [0.15, 0.2) is 41.4 Å². The maximum Gasteiger partial charge on any atom is 0.262 e. The molecule has 5 nitrogen and oxygen atoms in total. The van der Waals surface area contributed by atoms with Crippen molar-refractivity contribution in [2.24, 2.45) is 0 Å². The zero-order valence-electron chi connectivity index (χ0n) is 10.4. The normalized spacial score (nSPS) is 11.2. The van der Waals surface area contributed by atoms with Crippen LogP contribution in [0.2, 0.25) is 0 Å². The van der Waals surface area contributed by atoms with Gasteiger partial charge in [-0.1, -0.05) is 0 Å². The van der Waals surface area contributed by atoms with Gasteiger partial charge in [0.25, 0.3) is 10.0 Å². The average Bonchev–Trinajstić information content (AvgIpc) is 2.42. The molecule has 0 saturated heterocycles. The molecule has 2 aromatic rings. The Hall–Kier alpha value is -1.42. The van der Waals surface area contributed by atoms with E-state index in [9.17, 15) is 12.8 Å². The third-order valence-corrected chi connectivity index (χ3v) is 4.73. The first-order chi connectivity index (χ1) is 9.42. The molecule has 106 valence electrons. The van der Waals surface area contributed by atoms with E-state index in [0.29, 0.717) is 15.1 Å². The Kier molecular flexibility index (Phi) is 4.43.